The third kappa shape index (κ3) is 2.97. The number of imidazole rings is 1. The summed E-state index contributed by atoms with van der Waals surface area (Å²) in [5.74, 6) is 0.677. The molecule has 3 aromatic heterocycles. The summed E-state index contributed by atoms with van der Waals surface area (Å²) in [6, 6.07) is 9.64. The van der Waals surface area contributed by atoms with Crippen LogP contribution in [0.1, 0.15) is 36.3 Å². The van der Waals surface area contributed by atoms with Gasteiger partial charge in [0.1, 0.15) is 17.8 Å². The van der Waals surface area contributed by atoms with Gasteiger partial charge < -0.3 is 9.88 Å². The number of pyridine rings is 1. The minimum absolute atomic E-state index is 0.0754. The van der Waals surface area contributed by atoms with E-state index in [0.29, 0.717) is 5.69 Å². The number of hydrogen-bond acceptors (Lipinski definition) is 6. The number of nitrogens with one attached hydrogen (secondary N) is 1. The van der Waals surface area contributed by atoms with Gasteiger partial charge in [0.2, 0.25) is 0 Å². The van der Waals surface area contributed by atoms with Gasteiger partial charge in [-0.3, -0.25) is 14.3 Å². The second kappa shape index (κ2) is 6.80. The summed E-state index contributed by atoms with van der Waals surface area (Å²) in [6.45, 7) is 3.00. The first kappa shape index (κ1) is 17.5. The zero-order valence-corrected chi connectivity index (χ0v) is 16.0. The highest BCUT2D eigenvalue weighted by Gasteiger charge is 2.25. The number of fused-ring (bicyclic) bond motifs is 3. The maximum Gasteiger partial charge on any atom is 0.326 e. The van der Waals surface area contributed by atoms with E-state index in [1.165, 1.54) is 13.3 Å². The number of hydrogen-bond donors (Lipinski definition) is 1. The smallest absolute Gasteiger partial charge is 0.326 e. The van der Waals surface area contributed by atoms with Crippen molar-refractivity contribution in [2.75, 3.05) is 18.0 Å². The molecule has 1 aromatic carbocycles. The Morgan fingerprint density at radius 3 is 2.72 bits per heavy atom. The number of para-hydroxylation sites is 1. The van der Waals surface area contributed by atoms with Crippen molar-refractivity contribution in [1.29, 1.82) is 0 Å². The van der Waals surface area contributed by atoms with Gasteiger partial charge in [-0.05, 0) is 18.9 Å². The van der Waals surface area contributed by atoms with E-state index in [1.807, 2.05) is 28.8 Å². The number of benzene rings is 1. The molecule has 1 fully saturated rings. The zero-order valence-electron chi connectivity index (χ0n) is 16.0. The van der Waals surface area contributed by atoms with Crippen LogP contribution in [0, 0.1) is 0 Å². The molecule has 0 atom stereocenters. The lowest BCUT2D eigenvalue weighted by atomic mass is 10.0. The zero-order chi connectivity index (χ0) is 20.0. The van der Waals surface area contributed by atoms with E-state index in [9.17, 15) is 9.59 Å². The molecule has 0 amide bonds. The fraction of sp³-hybridized carbons (Fsp3) is 0.286. The Labute approximate surface area is 166 Å². The average molecular weight is 388 g/mol. The highest BCUT2D eigenvalue weighted by molar-refractivity contribution is 6.01. The molecule has 0 unspecified atom stereocenters. The summed E-state index contributed by atoms with van der Waals surface area (Å²) in [5.41, 5.74) is 2.87. The summed E-state index contributed by atoms with van der Waals surface area (Å²) in [7, 11) is 0. The molecular formula is C21H20N6O2. The molecule has 1 aliphatic heterocycles. The number of carbonyl (C=O) groups is 1. The second-order valence-corrected chi connectivity index (χ2v) is 7.37. The molecule has 0 aliphatic carbocycles. The van der Waals surface area contributed by atoms with Crippen LogP contribution in [0.5, 0.6) is 0 Å². The average Bonchev–Trinajstić information content (AvgIpc) is 3.10. The molecule has 0 spiro atoms. The second-order valence-electron chi connectivity index (χ2n) is 7.37. The quantitative estimate of drug-likeness (QED) is 0.542. The van der Waals surface area contributed by atoms with Crippen molar-refractivity contribution in [3.8, 4) is 0 Å². The SMILES string of the molecule is CC(=O)c1cc(N2CCC(n3c(=O)[nH]c4c5ccccc5ncc43)CC2)ncn1. The predicted octanol–water partition coefficient (Wildman–Crippen LogP) is 2.71. The monoisotopic (exact) mass is 388 g/mol. The molecule has 4 heterocycles. The molecule has 0 radical (unpaired) electrons. The fourth-order valence-corrected chi connectivity index (χ4v) is 4.15. The molecule has 1 saturated heterocycles. The normalized spacial score (nSPS) is 15.3. The van der Waals surface area contributed by atoms with Gasteiger partial charge in [0.05, 0.1) is 22.7 Å². The number of piperidine rings is 1. The molecule has 8 heteroatoms. The Bertz CT molecular complexity index is 1280. The predicted molar refractivity (Wildman–Crippen MR) is 110 cm³/mol. The van der Waals surface area contributed by atoms with Gasteiger partial charge in [-0.1, -0.05) is 18.2 Å². The van der Waals surface area contributed by atoms with Gasteiger partial charge in [-0.25, -0.2) is 14.8 Å². The van der Waals surface area contributed by atoms with Gasteiger partial charge in [-0.15, -0.1) is 0 Å². The molecule has 8 nitrogen and oxygen atoms in total. The molecule has 5 rings (SSSR count). The van der Waals surface area contributed by atoms with E-state index in [4.69, 9.17) is 0 Å². The van der Waals surface area contributed by atoms with Crippen LogP contribution in [0.25, 0.3) is 21.9 Å². The minimum atomic E-state index is -0.0995. The van der Waals surface area contributed by atoms with E-state index >= 15 is 0 Å². The van der Waals surface area contributed by atoms with Gasteiger partial charge in [-0.2, -0.15) is 0 Å². The lowest BCUT2D eigenvalue weighted by molar-refractivity contribution is 0.101. The molecule has 0 bridgehead atoms. The Morgan fingerprint density at radius 2 is 1.93 bits per heavy atom. The van der Waals surface area contributed by atoms with E-state index in [1.54, 1.807) is 12.3 Å². The van der Waals surface area contributed by atoms with E-state index < -0.39 is 0 Å². The number of rotatable bonds is 3. The summed E-state index contributed by atoms with van der Waals surface area (Å²) in [6.07, 6.45) is 4.82. The molecular weight excluding hydrogens is 368 g/mol. The Morgan fingerprint density at radius 1 is 1.14 bits per heavy atom. The third-order valence-corrected chi connectivity index (χ3v) is 5.63. The van der Waals surface area contributed by atoms with Crippen LogP contribution in [0.3, 0.4) is 0 Å². The van der Waals surface area contributed by atoms with Crippen LogP contribution in [0.4, 0.5) is 5.82 Å². The van der Waals surface area contributed by atoms with Crippen molar-refractivity contribution in [2.24, 2.45) is 0 Å². The van der Waals surface area contributed by atoms with Crippen LogP contribution in [-0.4, -0.2) is 43.4 Å². The number of ketones is 1. The Hall–Kier alpha value is -3.55. The van der Waals surface area contributed by atoms with Crippen molar-refractivity contribution in [1.82, 2.24) is 24.5 Å². The van der Waals surface area contributed by atoms with Gasteiger partial charge in [0, 0.05) is 37.5 Å². The van der Waals surface area contributed by atoms with E-state index in [-0.39, 0.29) is 17.5 Å². The van der Waals surface area contributed by atoms with Crippen molar-refractivity contribution < 1.29 is 4.79 Å². The van der Waals surface area contributed by atoms with Crippen molar-refractivity contribution in [3.63, 3.8) is 0 Å². The standard InChI is InChI=1S/C21H20N6O2/c1-13(28)17-10-19(24-12-23-17)26-8-6-14(7-9-26)27-18-11-22-16-5-3-2-4-15(16)20(18)25-21(27)29/h2-5,10-12,14H,6-9H2,1H3,(H,25,29). The largest absolute Gasteiger partial charge is 0.356 e. The number of anilines is 1. The first-order valence-electron chi connectivity index (χ1n) is 9.68. The minimum Gasteiger partial charge on any atom is -0.356 e. The topological polar surface area (TPSA) is 96.8 Å². The maximum absolute atomic E-state index is 12.8. The lowest BCUT2D eigenvalue weighted by Crippen LogP contribution is -2.37. The Balaban J connectivity index is 1.44. The first-order valence-corrected chi connectivity index (χ1v) is 9.68. The van der Waals surface area contributed by atoms with Gasteiger partial charge >= 0.3 is 5.69 Å². The molecule has 1 aliphatic rings. The molecule has 4 aromatic rings. The van der Waals surface area contributed by atoms with Gasteiger partial charge in [0.15, 0.2) is 5.78 Å². The van der Waals surface area contributed by atoms with Crippen LogP contribution < -0.4 is 10.6 Å². The lowest BCUT2D eigenvalue weighted by Gasteiger charge is -2.33. The van der Waals surface area contributed by atoms with Crippen LogP contribution in [-0.2, 0) is 0 Å². The fourth-order valence-electron chi connectivity index (χ4n) is 4.15. The van der Waals surface area contributed by atoms with Gasteiger partial charge in [0.25, 0.3) is 0 Å². The Kier molecular flexibility index (Phi) is 4.12. The number of nitrogens with zero attached hydrogens (tertiary/aromatic N) is 5. The highest BCUT2D eigenvalue weighted by Crippen LogP contribution is 2.29. The number of aromatic amines is 1. The van der Waals surface area contributed by atoms with Crippen LogP contribution >= 0.6 is 0 Å². The summed E-state index contributed by atoms with van der Waals surface area (Å²) in [4.78, 5) is 42.4. The summed E-state index contributed by atoms with van der Waals surface area (Å²) >= 11 is 0. The molecule has 1 N–H and O–H groups in total. The third-order valence-electron chi connectivity index (χ3n) is 5.63. The van der Waals surface area contributed by atoms with Crippen LogP contribution in [0.2, 0.25) is 0 Å². The van der Waals surface area contributed by atoms with Crippen molar-refractivity contribution in [3.05, 3.63) is 59.0 Å². The molecule has 146 valence electrons. The number of aromatic nitrogens is 5. The first-order chi connectivity index (χ1) is 14.1. The van der Waals surface area contributed by atoms with E-state index in [2.05, 4.69) is 24.8 Å². The molecule has 29 heavy (non-hydrogen) atoms. The highest BCUT2D eigenvalue weighted by atomic mass is 16.1. The van der Waals surface area contributed by atoms with E-state index in [0.717, 1.165) is 53.7 Å². The number of Topliss-reactive ketones (excluding diaryl/α,β-unsaturated/α-hetero) is 1. The number of H-pyrrole nitrogens is 1. The van der Waals surface area contributed by atoms with Crippen LogP contribution in [0.15, 0.2) is 47.7 Å². The number of carbonyl (C=O) groups excluding carboxylic acids is 1. The summed E-state index contributed by atoms with van der Waals surface area (Å²) < 4.78 is 1.84. The van der Waals surface area contributed by atoms with Crippen molar-refractivity contribution in [2.45, 2.75) is 25.8 Å². The summed E-state index contributed by atoms with van der Waals surface area (Å²) in [5, 5.41) is 0.955. The maximum atomic E-state index is 12.8. The van der Waals surface area contributed by atoms with Crippen molar-refractivity contribution >= 4 is 33.5 Å². The molecule has 0 saturated carbocycles.